The van der Waals surface area contributed by atoms with Gasteiger partial charge in [-0.3, -0.25) is 0 Å². The monoisotopic (exact) mass is 617 g/mol. The Morgan fingerprint density at radius 2 is 1.70 bits per heavy atom. The average molecular weight is 618 g/mol. The van der Waals surface area contributed by atoms with Crippen LogP contribution in [-0.2, 0) is 21.3 Å². The summed E-state index contributed by atoms with van der Waals surface area (Å²) < 4.78 is 24.4. The van der Waals surface area contributed by atoms with E-state index in [0.717, 1.165) is 55.3 Å². The smallest absolute Gasteiger partial charge is 0.210 e. The number of hydrogen-bond acceptors (Lipinski definition) is 5. The molecule has 0 N–H and O–H groups in total. The molecule has 0 bridgehead atoms. The molecule has 6 nitrogen and oxygen atoms in total. The van der Waals surface area contributed by atoms with E-state index in [2.05, 4.69) is 78.8 Å². The number of halogens is 1. The summed E-state index contributed by atoms with van der Waals surface area (Å²) in [4.78, 5) is 2.38. The second kappa shape index (κ2) is 13.8. The van der Waals surface area contributed by atoms with Gasteiger partial charge in [0.15, 0.2) is 12.3 Å². The molecular weight excluding hydrogens is 572 g/mol. The molecule has 2 aromatic carbocycles. The molecular formula is C37H46ClN2O4+. The van der Waals surface area contributed by atoms with Crippen molar-refractivity contribution in [2.45, 2.75) is 51.9 Å². The van der Waals surface area contributed by atoms with Gasteiger partial charge in [-0.1, -0.05) is 23.8 Å². The van der Waals surface area contributed by atoms with Gasteiger partial charge in [0, 0.05) is 61.3 Å². The summed E-state index contributed by atoms with van der Waals surface area (Å²) >= 11 is 7.13. The van der Waals surface area contributed by atoms with Gasteiger partial charge < -0.3 is 23.8 Å². The summed E-state index contributed by atoms with van der Waals surface area (Å²) in [5.41, 5.74) is 10.9. The molecule has 2 aromatic rings. The first-order valence-electron chi connectivity index (χ1n) is 15.5. The first-order chi connectivity index (χ1) is 21.2. The van der Waals surface area contributed by atoms with Gasteiger partial charge in [-0.25, -0.2) is 0 Å². The lowest BCUT2D eigenvalue weighted by Crippen LogP contribution is -2.28. The highest BCUT2D eigenvalue weighted by Gasteiger charge is 2.44. The highest BCUT2D eigenvalue weighted by Crippen LogP contribution is 2.43. The van der Waals surface area contributed by atoms with Gasteiger partial charge >= 0.3 is 0 Å². The van der Waals surface area contributed by atoms with E-state index < -0.39 is 0 Å². The van der Waals surface area contributed by atoms with E-state index in [0.29, 0.717) is 13.2 Å². The highest BCUT2D eigenvalue weighted by molar-refractivity contribution is 6.32. The maximum atomic E-state index is 7.13. The minimum atomic E-state index is -0.192. The van der Waals surface area contributed by atoms with Gasteiger partial charge in [-0.05, 0) is 92.6 Å². The Balaban J connectivity index is 1.46. The average Bonchev–Trinajstić information content (AvgIpc) is 3.48. The molecule has 0 fully saturated rings. The Morgan fingerprint density at radius 1 is 0.932 bits per heavy atom. The number of allylic oxidation sites excluding steroid dienone is 8. The van der Waals surface area contributed by atoms with Gasteiger partial charge in [0.25, 0.3) is 0 Å². The lowest BCUT2D eigenvalue weighted by molar-refractivity contribution is -0.441. The molecule has 7 heteroatoms. The number of hydrogen-bond donors (Lipinski definition) is 0. The van der Waals surface area contributed by atoms with E-state index in [9.17, 15) is 0 Å². The number of methoxy groups -OCH3 is 4. The van der Waals surface area contributed by atoms with Gasteiger partial charge in [0.1, 0.15) is 18.1 Å². The molecule has 2 heterocycles. The molecule has 0 spiro atoms. The number of benzene rings is 2. The molecule has 0 saturated carbocycles. The van der Waals surface area contributed by atoms with Crippen molar-refractivity contribution in [1.82, 2.24) is 0 Å². The van der Waals surface area contributed by atoms with E-state index in [4.69, 9.17) is 30.5 Å². The highest BCUT2D eigenvalue weighted by atomic mass is 35.5. The Labute approximate surface area is 267 Å². The van der Waals surface area contributed by atoms with Crippen molar-refractivity contribution in [1.29, 1.82) is 0 Å². The summed E-state index contributed by atoms with van der Waals surface area (Å²) in [5, 5.41) is 0.861. The molecule has 0 atom stereocenters. The Bertz CT molecular complexity index is 1560. The van der Waals surface area contributed by atoms with Crippen LogP contribution in [0, 0.1) is 6.92 Å². The number of anilines is 1. The van der Waals surface area contributed by atoms with E-state index in [1.165, 1.54) is 50.6 Å². The lowest BCUT2D eigenvalue weighted by atomic mass is 9.81. The largest absolute Gasteiger partial charge is 0.497 e. The zero-order chi connectivity index (χ0) is 31.4. The quantitative estimate of drug-likeness (QED) is 0.241. The Hall–Kier alpha value is -3.32. The number of aryl methyl sites for hydroxylation is 1. The molecule has 0 unspecified atom stereocenters. The molecule has 3 aliphatic rings. The predicted molar refractivity (Wildman–Crippen MR) is 180 cm³/mol. The standard InChI is InChI=1S/C37H46ClN2O4/c1-25-21-31(44-7)23-28-22-29(39(36(25)28)17-19-41-4)13-11-26-9-8-10-27(35(26)38)12-16-34-37(2,3)32-24-30(43-6)14-15-33(32)40(34)18-20-42-5/h11-16,21,23-24H,8-10,17-20,22H2,1-7H3/q+1. The summed E-state index contributed by atoms with van der Waals surface area (Å²) in [6.07, 6.45) is 12.8. The first-order valence-corrected chi connectivity index (χ1v) is 15.8. The topological polar surface area (TPSA) is 43.2 Å². The predicted octanol–water partition coefficient (Wildman–Crippen LogP) is 7.79. The Kier molecular flexibility index (Phi) is 10.0. The maximum absolute atomic E-state index is 7.13. The fourth-order valence-electron chi connectivity index (χ4n) is 6.77. The van der Waals surface area contributed by atoms with Crippen LogP contribution in [0.1, 0.15) is 49.8 Å². The summed E-state index contributed by atoms with van der Waals surface area (Å²) in [7, 11) is 6.95. The minimum Gasteiger partial charge on any atom is -0.497 e. The fourth-order valence-corrected chi connectivity index (χ4v) is 7.08. The van der Waals surface area contributed by atoms with Gasteiger partial charge in [0.05, 0.1) is 26.2 Å². The van der Waals surface area contributed by atoms with E-state index in [1.54, 1.807) is 28.4 Å². The van der Waals surface area contributed by atoms with Crippen LogP contribution in [0.5, 0.6) is 11.5 Å². The maximum Gasteiger partial charge on any atom is 0.210 e. The molecule has 0 aromatic heterocycles. The van der Waals surface area contributed by atoms with Crippen molar-refractivity contribution in [2.75, 3.05) is 59.6 Å². The van der Waals surface area contributed by atoms with E-state index >= 15 is 0 Å². The second-order valence-electron chi connectivity index (χ2n) is 12.2. The van der Waals surface area contributed by atoms with Crippen molar-refractivity contribution in [3.05, 3.63) is 93.2 Å². The summed E-state index contributed by atoms with van der Waals surface area (Å²) in [6, 6.07) is 10.6. The number of nitrogens with zero attached hydrogens (tertiary/aromatic N) is 2. The van der Waals surface area contributed by atoms with Crippen LogP contribution < -0.4 is 14.4 Å². The third-order valence-electron chi connectivity index (χ3n) is 9.09. The minimum absolute atomic E-state index is 0.192. The van der Waals surface area contributed by atoms with Crippen molar-refractivity contribution in [2.24, 2.45) is 0 Å². The summed E-state index contributed by atoms with van der Waals surface area (Å²) in [5.74, 6) is 1.77. The third kappa shape index (κ3) is 6.26. The van der Waals surface area contributed by atoms with Crippen LogP contribution in [0.25, 0.3) is 0 Å². The zero-order valence-corrected chi connectivity index (χ0v) is 28.0. The van der Waals surface area contributed by atoms with Gasteiger partial charge in [-0.15, -0.1) is 0 Å². The molecule has 0 saturated heterocycles. The number of ether oxygens (including phenoxy) is 4. The van der Waals surface area contributed by atoms with Gasteiger partial charge in [0.2, 0.25) is 5.69 Å². The SMILES string of the molecule is COCCN1/C(=C/C=C2\CCCC(/C=C/C3=[N+](CCOC)c4ccc(OC)cc4C3(C)C)=C2Cl)Cc2cc(OC)cc(C)c21. The summed E-state index contributed by atoms with van der Waals surface area (Å²) in [6.45, 7) is 9.57. The normalized spacial score (nSPS) is 19.5. The van der Waals surface area contributed by atoms with Crippen molar-refractivity contribution < 1.29 is 23.5 Å². The van der Waals surface area contributed by atoms with E-state index in [-0.39, 0.29) is 5.41 Å². The lowest BCUT2D eigenvalue weighted by Gasteiger charge is -2.23. The zero-order valence-electron chi connectivity index (χ0n) is 27.3. The second-order valence-corrected chi connectivity index (χ2v) is 12.6. The molecule has 234 valence electrons. The molecule has 1 aliphatic carbocycles. The van der Waals surface area contributed by atoms with Crippen molar-refractivity contribution in [3.63, 3.8) is 0 Å². The van der Waals surface area contributed by atoms with Crippen molar-refractivity contribution in [3.8, 4) is 11.5 Å². The molecule has 5 rings (SSSR count). The fraction of sp³-hybridized carbons (Fsp3) is 0.432. The van der Waals surface area contributed by atoms with Crippen LogP contribution in [0.15, 0.2) is 76.5 Å². The number of rotatable bonds is 11. The molecule has 0 amide bonds. The van der Waals surface area contributed by atoms with Gasteiger partial charge in [-0.2, -0.15) is 4.58 Å². The molecule has 0 radical (unpaired) electrons. The number of fused-ring (bicyclic) bond motifs is 2. The van der Waals surface area contributed by atoms with Crippen LogP contribution in [0.2, 0.25) is 0 Å². The third-order valence-corrected chi connectivity index (χ3v) is 9.57. The van der Waals surface area contributed by atoms with E-state index in [1.807, 2.05) is 6.07 Å². The van der Waals surface area contributed by atoms with Crippen molar-refractivity contribution >= 4 is 28.7 Å². The Morgan fingerprint density at radius 3 is 2.43 bits per heavy atom. The van der Waals surface area contributed by atoms with Crippen LogP contribution >= 0.6 is 11.6 Å². The molecule has 2 aliphatic heterocycles. The van der Waals surface area contributed by atoms with Crippen LogP contribution in [0.3, 0.4) is 0 Å². The van der Waals surface area contributed by atoms with Crippen LogP contribution in [-0.4, -0.2) is 65.0 Å². The first kappa shape index (κ1) is 32.1. The molecule has 44 heavy (non-hydrogen) atoms. The van der Waals surface area contributed by atoms with Crippen LogP contribution in [0.4, 0.5) is 11.4 Å².